The van der Waals surface area contributed by atoms with Crippen LogP contribution in [-0.4, -0.2) is 64.4 Å². The van der Waals surface area contributed by atoms with Gasteiger partial charge in [-0.15, -0.1) is 0 Å². The van der Waals surface area contributed by atoms with Crippen molar-refractivity contribution < 1.29 is 42.7 Å². The van der Waals surface area contributed by atoms with Crippen LogP contribution >= 0.6 is 16.1 Å². The van der Waals surface area contributed by atoms with E-state index in [-0.39, 0.29) is 17.1 Å². The lowest BCUT2D eigenvalue weighted by molar-refractivity contribution is -0.0476. The molecule has 15 nitrogen and oxygen atoms in total. The van der Waals surface area contributed by atoms with Gasteiger partial charge in [0.15, 0.2) is 17.4 Å². The number of phosphoric acid groups is 1. The molecular weight excluding hydrogens is 412 g/mol. The molecule has 17 heteroatoms. The third-order valence-electron chi connectivity index (χ3n) is 3.62. The third-order valence-corrected chi connectivity index (χ3v) is 5.57. The molecule has 2 aromatic rings. The Balaban J connectivity index is 1.77. The van der Waals surface area contributed by atoms with E-state index in [1.807, 2.05) is 0 Å². The molecule has 1 fully saturated rings. The van der Waals surface area contributed by atoms with Gasteiger partial charge < -0.3 is 35.0 Å². The van der Waals surface area contributed by atoms with Gasteiger partial charge in [-0.2, -0.15) is 4.98 Å². The lowest BCUT2D eigenvalue weighted by atomic mass is 10.1. The fourth-order valence-electron chi connectivity index (χ4n) is 2.50. The second-order valence-electron chi connectivity index (χ2n) is 5.46. The van der Waals surface area contributed by atoms with Crippen molar-refractivity contribution in [3.63, 3.8) is 0 Å². The average molecular weight is 427 g/mol. The molecule has 0 bridgehead atoms. The summed E-state index contributed by atoms with van der Waals surface area (Å²) in [7, 11) is -8.58. The predicted octanol–water partition coefficient (Wildman–Crippen LogP) is -2.16. The monoisotopic (exact) mass is 427 g/mol. The van der Waals surface area contributed by atoms with Crippen LogP contribution in [0.15, 0.2) is 11.1 Å². The fourth-order valence-corrected chi connectivity index (χ4v) is 3.79. The van der Waals surface area contributed by atoms with Crippen LogP contribution in [0.4, 0.5) is 5.95 Å². The van der Waals surface area contributed by atoms with Crippen molar-refractivity contribution in [3.8, 4) is 0 Å². The van der Waals surface area contributed by atoms with Crippen molar-refractivity contribution in [2.24, 2.45) is 0 Å². The van der Waals surface area contributed by atoms with Crippen LogP contribution < -0.4 is 11.3 Å². The van der Waals surface area contributed by atoms with Crippen molar-refractivity contribution >= 4 is 33.2 Å². The summed E-state index contributed by atoms with van der Waals surface area (Å²) in [6.45, 7) is -0.602. The Bertz CT molecular complexity index is 971. The number of aromatic amines is 1. The zero-order valence-electron chi connectivity index (χ0n) is 13.2. The number of aromatic nitrogens is 4. The predicted molar refractivity (Wildman–Crippen MR) is 86.6 cm³/mol. The molecule has 27 heavy (non-hydrogen) atoms. The quantitative estimate of drug-likeness (QED) is 0.270. The molecule has 1 aliphatic heterocycles. The SMILES string of the molecule is Nc1nc2c(ncn2[C@@H]2O[C@H](CO[PH](=O)OP(=O)(O)O)[C@@H](O)[C@H]2O)c(=O)[nH]1. The molecule has 3 rings (SSSR count). The number of aliphatic hydroxyl groups excluding tert-OH is 2. The molecule has 1 aliphatic rings. The Morgan fingerprint density at radius 1 is 1.41 bits per heavy atom. The maximum Gasteiger partial charge on any atom is 0.476 e. The molecule has 3 heterocycles. The second-order valence-corrected chi connectivity index (χ2v) is 7.96. The Morgan fingerprint density at radius 2 is 2.11 bits per heavy atom. The molecule has 0 amide bonds. The first-order valence-corrected chi connectivity index (χ1v) is 9.98. The van der Waals surface area contributed by atoms with Crippen LogP contribution in [0.1, 0.15) is 6.23 Å². The minimum Gasteiger partial charge on any atom is -0.387 e. The molecule has 0 aromatic carbocycles. The van der Waals surface area contributed by atoms with Crippen molar-refractivity contribution in [3.05, 3.63) is 16.7 Å². The van der Waals surface area contributed by atoms with E-state index >= 15 is 0 Å². The van der Waals surface area contributed by atoms with E-state index in [4.69, 9.17) is 20.3 Å². The smallest absolute Gasteiger partial charge is 0.387 e. The van der Waals surface area contributed by atoms with Crippen molar-refractivity contribution in [1.82, 2.24) is 19.5 Å². The van der Waals surface area contributed by atoms with E-state index < -0.39 is 52.8 Å². The first-order valence-electron chi connectivity index (χ1n) is 7.22. The molecule has 2 aromatic heterocycles. The van der Waals surface area contributed by atoms with Crippen LogP contribution in [0.5, 0.6) is 0 Å². The van der Waals surface area contributed by atoms with E-state index in [0.717, 1.165) is 6.33 Å². The van der Waals surface area contributed by atoms with Gasteiger partial charge in [-0.05, 0) is 0 Å². The number of hydrogen-bond donors (Lipinski definition) is 6. The molecule has 7 N–H and O–H groups in total. The molecule has 150 valence electrons. The summed E-state index contributed by atoms with van der Waals surface area (Å²) >= 11 is 0. The Kier molecular flexibility index (Phi) is 5.49. The summed E-state index contributed by atoms with van der Waals surface area (Å²) in [6, 6.07) is 0. The van der Waals surface area contributed by atoms with Gasteiger partial charge in [0.05, 0.1) is 12.9 Å². The number of anilines is 1. The zero-order valence-corrected chi connectivity index (χ0v) is 15.1. The van der Waals surface area contributed by atoms with E-state index in [1.54, 1.807) is 0 Å². The highest BCUT2D eigenvalue weighted by Gasteiger charge is 2.44. The molecule has 1 unspecified atom stereocenters. The number of aliphatic hydroxyl groups is 2. The van der Waals surface area contributed by atoms with Crippen LogP contribution in [0.2, 0.25) is 0 Å². The molecule has 0 radical (unpaired) electrons. The Labute approximate surface area is 149 Å². The Hall–Kier alpha value is -1.67. The van der Waals surface area contributed by atoms with Crippen LogP contribution in [-0.2, 0) is 22.7 Å². The summed E-state index contributed by atoms with van der Waals surface area (Å²) < 4.78 is 37.0. The number of nitrogens with two attached hydrogens (primary N) is 1. The molecule has 0 spiro atoms. The number of hydrogen-bond acceptors (Lipinski definition) is 11. The van der Waals surface area contributed by atoms with Crippen molar-refractivity contribution in [1.29, 1.82) is 0 Å². The van der Waals surface area contributed by atoms with E-state index in [0.29, 0.717) is 0 Å². The topological polar surface area (TPSA) is 232 Å². The number of fused-ring (bicyclic) bond motifs is 1. The van der Waals surface area contributed by atoms with Gasteiger partial charge in [-0.3, -0.25) is 18.9 Å². The van der Waals surface area contributed by atoms with Crippen LogP contribution in [0.3, 0.4) is 0 Å². The molecule has 0 saturated carbocycles. The summed E-state index contributed by atoms with van der Waals surface area (Å²) in [5.74, 6) is -0.199. The zero-order chi connectivity index (χ0) is 19.9. The van der Waals surface area contributed by atoms with Crippen LogP contribution in [0.25, 0.3) is 11.2 Å². The number of rotatable bonds is 6. The van der Waals surface area contributed by atoms with Crippen LogP contribution in [0, 0.1) is 0 Å². The van der Waals surface area contributed by atoms with E-state index in [9.17, 15) is 24.1 Å². The van der Waals surface area contributed by atoms with Gasteiger partial charge in [0.1, 0.15) is 18.3 Å². The number of imidazole rings is 1. The Morgan fingerprint density at radius 3 is 2.78 bits per heavy atom. The van der Waals surface area contributed by atoms with Gasteiger partial charge in [0.2, 0.25) is 5.95 Å². The number of nitrogens with zero attached hydrogens (tertiary/aromatic N) is 3. The molecule has 0 aliphatic carbocycles. The van der Waals surface area contributed by atoms with Crippen molar-refractivity contribution in [2.75, 3.05) is 12.3 Å². The highest BCUT2D eigenvalue weighted by Crippen LogP contribution is 2.48. The first kappa shape index (κ1) is 20.1. The minimum atomic E-state index is -5.01. The number of ether oxygens (including phenoxy) is 1. The third kappa shape index (κ3) is 4.27. The average Bonchev–Trinajstić information content (AvgIpc) is 3.07. The number of nitrogens with one attached hydrogen (secondary N) is 1. The standard InChI is InChI=1S/C10H15N5O10P2/c11-10-13-7-4(8(18)14-10)12-2-15(7)9-6(17)5(16)3(24-9)1-23-26(19)25-27(20,21)22/h2-3,5-6,9,16-17,26H,1H2,(H2,20,21,22)(H3,11,13,14,18)/t3-,5-,6-,9-/m1/s1. The summed E-state index contributed by atoms with van der Waals surface area (Å²) in [4.78, 5) is 38.9. The summed E-state index contributed by atoms with van der Waals surface area (Å²) in [5, 5.41) is 20.3. The molecule has 1 saturated heterocycles. The lowest BCUT2D eigenvalue weighted by Gasteiger charge is -2.16. The van der Waals surface area contributed by atoms with Gasteiger partial charge in [0.25, 0.3) is 5.56 Å². The maximum atomic E-state index is 11.8. The lowest BCUT2D eigenvalue weighted by Crippen LogP contribution is -2.33. The largest absolute Gasteiger partial charge is 0.476 e. The highest BCUT2D eigenvalue weighted by atomic mass is 31.2. The molecule has 5 atom stereocenters. The maximum absolute atomic E-state index is 11.8. The second kappa shape index (κ2) is 7.39. The highest BCUT2D eigenvalue weighted by molar-refractivity contribution is 7.55. The van der Waals surface area contributed by atoms with Gasteiger partial charge in [-0.1, -0.05) is 0 Å². The number of H-pyrrole nitrogens is 1. The normalized spacial score (nSPS) is 27.3. The first-order chi connectivity index (χ1) is 12.6. The molecular formula is C10H15N5O10P2. The fraction of sp³-hybridized carbons (Fsp3) is 0.500. The minimum absolute atomic E-state index is 0.00697. The van der Waals surface area contributed by atoms with Gasteiger partial charge >= 0.3 is 16.1 Å². The van der Waals surface area contributed by atoms with Gasteiger partial charge in [-0.25, -0.2) is 13.9 Å². The van der Waals surface area contributed by atoms with E-state index in [2.05, 4.69) is 23.8 Å². The summed E-state index contributed by atoms with van der Waals surface area (Å²) in [6.07, 6.45) is -4.34. The van der Waals surface area contributed by atoms with E-state index in [1.165, 1.54) is 4.57 Å². The summed E-state index contributed by atoms with van der Waals surface area (Å²) in [5.41, 5.74) is 4.79. The van der Waals surface area contributed by atoms with Gasteiger partial charge in [0, 0.05) is 0 Å². The van der Waals surface area contributed by atoms with Crippen molar-refractivity contribution in [2.45, 2.75) is 24.5 Å². The number of nitrogen functional groups attached to an aromatic ring is 1.